The van der Waals surface area contributed by atoms with E-state index in [1.54, 1.807) is 0 Å². The predicted octanol–water partition coefficient (Wildman–Crippen LogP) is 2.27. The second-order valence-electron chi connectivity index (χ2n) is 5.75. The molecule has 0 saturated carbocycles. The number of nitrogens with one attached hydrogen (secondary N) is 1. The van der Waals surface area contributed by atoms with Crippen LogP contribution in [0.5, 0.6) is 5.75 Å². The summed E-state index contributed by atoms with van der Waals surface area (Å²) in [7, 11) is 4.21. The smallest absolute Gasteiger partial charge is 0.141 e. The minimum Gasteiger partial charge on any atom is -0.490 e. The zero-order valence-corrected chi connectivity index (χ0v) is 12.9. The number of nitrogens with zero attached hydrogens (tertiary/aromatic N) is 2. The number of hydrogen-bond acceptors (Lipinski definition) is 4. The number of likely N-dealkylation sites (N-methyl/N-ethyl adjacent to an activating group) is 1. The van der Waals surface area contributed by atoms with Crippen molar-refractivity contribution in [3.63, 3.8) is 0 Å². The molecule has 1 aromatic rings. The van der Waals surface area contributed by atoms with Gasteiger partial charge in [-0.05, 0) is 58.6 Å². The van der Waals surface area contributed by atoms with Crippen LogP contribution in [0.25, 0.3) is 0 Å². The summed E-state index contributed by atoms with van der Waals surface area (Å²) >= 11 is 0. The SMILES string of the molecule is CCC(COc1cccnc1C1CCNCC1)N(C)C. The van der Waals surface area contributed by atoms with Crippen molar-refractivity contribution in [1.82, 2.24) is 15.2 Å². The highest BCUT2D eigenvalue weighted by molar-refractivity contribution is 5.30. The Hall–Kier alpha value is -1.13. The van der Waals surface area contributed by atoms with Crippen molar-refractivity contribution >= 4 is 0 Å². The van der Waals surface area contributed by atoms with Gasteiger partial charge in [0.1, 0.15) is 12.4 Å². The lowest BCUT2D eigenvalue weighted by molar-refractivity contribution is 0.178. The van der Waals surface area contributed by atoms with Crippen molar-refractivity contribution in [3.8, 4) is 5.75 Å². The molecular formula is C16H27N3O. The summed E-state index contributed by atoms with van der Waals surface area (Å²) in [5.41, 5.74) is 1.14. The molecule has 2 rings (SSSR count). The lowest BCUT2D eigenvalue weighted by Crippen LogP contribution is -2.33. The largest absolute Gasteiger partial charge is 0.490 e. The summed E-state index contributed by atoms with van der Waals surface area (Å²) in [6, 6.07) is 4.49. The first-order chi connectivity index (χ1) is 9.72. The fraction of sp³-hybridized carbons (Fsp3) is 0.688. The van der Waals surface area contributed by atoms with Gasteiger partial charge in [-0.2, -0.15) is 0 Å². The molecule has 1 unspecified atom stereocenters. The third-order valence-corrected chi connectivity index (χ3v) is 4.16. The number of pyridine rings is 1. The van der Waals surface area contributed by atoms with E-state index >= 15 is 0 Å². The topological polar surface area (TPSA) is 37.4 Å². The molecular weight excluding hydrogens is 250 g/mol. The van der Waals surface area contributed by atoms with Crippen molar-refractivity contribution in [2.24, 2.45) is 0 Å². The highest BCUT2D eigenvalue weighted by Gasteiger charge is 2.21. The Morgan fingerprint density at radius 3 is 2.80 bits per heavy atom. The van der Waals surface area contributed by atoms with Gasteiger partial charge in [0.25, 0.3) is 0 Å². The minimum atomic E-state index is 0.455. The van der Waals surface area contributed by atoms with Gasteiger partial charge in [0.05, 0.1) is 5.69 Å². The molecule has 0 amide bonds. The zero-order chi connectivity index (χ0) is 14.4. The van der Waals surface area contributed by atoms with E-state index in [-0.39, 0.29) is 0 Å². The summed E-state index contributed by atoms with van der Waals surface area (Å²) in [6.45, 7) is 5.09. The molecule has 2 heterocycles. The van der Waals surface area contributed by atoms with Crippen LogP contribution in [-0.4, -0.2) is 49.7 Å². The molecule has 0 spiro atoms. The molecule has 112 valence electrons. The van der Waals surface area contributed by atoms with Crippen LogP contribution in [0.1, 0.15) is 37.8 Å². The summed E-state index contributed by atoms with van der Waals surface area (Å²) in [4.78, 5) is 6.81. The quantitative estimate of drug-likeness (QED) is 0.865. The van der Waals surface area contributed by atoms with Gasteiger partial charge < -0.3 is 15.0 Å². The Labute approximate surface area is 122 Å². The van der Waals surface area contributed by atoms with Crippen LogP contribution >= 0.6 is 0 Å². The van der Waals surface area contributed by atoms with Gasteiger partial charge in [-0.25, -0.2) is 0 Å². The van der Waals surface area contributed by atoms with E-state index in [1.807, 2.05) is 12.3 Å². The van der Waals surface area contributed by atoms with Gasteiger partial charge in [-0.1, -0.05) is 6.92 Å². The first-order valence-corrected chi connectivity index (χ1v) is 7.67. The fourth-order valence-electron chi connectivity index (χ4n) is 2.74. The van der Waals surface area contributed by atoms with Crippen LogP contribution in [-0.2, 0) is 0 Å². The monoisotopic (exact) mass is 277 g/mol. The molecule has 1 fully saturated rings. The van der Waals surface area contributed by atoms with E-state index < -0.39 is 0 Å². The number of piperidine rings is 1. The van der Waals surface area contributed by atoms with Gasteiger partial charge in [0.2, 0.25) is 0 Å². The summed E-state index contributed by atoms with van der Waals surface area (Å²) in [5.74, 6) is 1.51. The molecule has 0 aromatic carbocycles. The van der Waals surface area contributed by atoms with Crippen molar-refractivity contribution in [2.75, 3.05) is 33.8 Å². The van der Waals surface area contributed by atoms with Gasteiger partial charge >= 0.3 is 0 Å². The third kappa shape index (κ3) is 3.93. The molecule has 1 aliphatic heterocycles. The lowest BCUT2D eigenvalue weighted by atomic mass is 9.93. The Balaban J connectivity index is 2.03. The van der Waals surface area contributed by atoms with Gasteiger partial charge in [0.15, 0.2) is 0 Å². The van der Waals surface area contributed by atoms with E-state index in [0.29, 0.717) is 12.0 Å². The minimum absolute atomic E-state index is 0.455. The maximum atomic E-state index is 6.08. The van der Waals surface area contributed by atoms with Crippen LogP contribution in [0, 0.1) is 0 Å². The Kier molecular flexibility index (Phi) is 5.80. The lowest BCUT2D eigenvalue weighted by Gasteiger charge is -2.26. The molecule has 1 atom stereocenters. The molecule has 4 nitrogen and oxygen atoms in total. The number of hydrogen-bond donors (Lipinski definition) is 1. The number of aromatic nitrogens is 1. The first-order valence-electron chi connectivity index (χ1n) is 7.67. The normalized spacial score (nSPS) is 18.2. The molecule has 1 aromatic heterocycles. The molecule has 0 radical (unpaired) electrons. The molecule has 20 heavy (non-hydrogen) atoms. The third-order valence-electron chi connectivity index (χ3n) is 4.16. The second-order valence-corrected chi connectivity index (χ2v) is 5.75. The number of rotatable bonds is 6. The Morgan fingerprint density at radius 1 is 1.40 bits per heavy atom. The molecule has 1 saturated heterocycles. The van der Waals surface area contributed by atoms with E-state index in [0.717, 1.165) is 50.4 Å². The van der Waals surface area contributed by atoms with E-state index in [4.69, 9.17) is 4.74 Å². The maximum absolute atomic E-state index is 6.08. The van der Waals surface area contributed by atoms with Gasteiger partial charge in [-0.15, -0.1) is 0 Å². The highest BCUT2D eigenvalue weighted by Crippen LogP contribution is 2.30. The summed E-state index contributed by atoms with van der Waals surface area (Å²) in [6.07, 6.45) is 5.28. The van der Waals surface area contributed by atoms with Crippen molar-refractivity contribution in [3.05, 3.63) is 24.0 Å². The fourth-order valence-corrected chi connectivity index (χ4v) is 2.74. The predicted molar refractivity (Wildman–Crippen MR) is 82.3 cm³/mol. The maximum Gasteiger partial charge on any atom is 0.141 e. The van der Waals surface area contributed by atoms with Crippen molar-refractivity contribution < 1.29 is 4.74 Å². The summed E-state index contributed by atoms with van der Waals surface area (Å²) < 4.78 is 6.08. The highest BCUT2D eigenvalue weighted by atomic mass is 16.5. The first kappa shape index (κ1) is 15.3. The van der Waals surface area contributed by atoms with E-state index in [9.17, 15) is 0 Å². The van der Waals surface area contributed by atoms with Crippen LogP contribution in [0.3, 0.4) is 0 Å². The summed E-state index contributed by atoms with van der Waals surface area (Å²) in [5, 5.41) is 3.40. The van der Waals surface area contributed by atoms with Gasteiger partial charge in [-0.3, -0.25) is 4.98 Å². The Bertz CT molecular complexity index is 402. The molecule has 1 aliphatic rings. The molecule has 4 heteroatoms. The van der Waals surface area contributed by atoms with E-state index in [1.165, 1.54) is 0 Å². The number of ether oxygens (including phenoxy) is 1. The van der Waals surface area contributed by atoms with Crippen LogP contribution in [0.4, 0.5) is 0 Å². The van der Waals surface area contributed by atoms with Gasteiger partial charge in [0, 0.05) is 18.2 Å². The second kappa shape index (κ2) is 7.60. The molecule has 0 aliphatic carbocycles. The molecule has 1 N–H and O–H groups in total. The standard InChI is InChI=1S/C16H27N3O/c1-4-14(19(2)3)12-20-15-6-5-9-18-16(15)13-7-10-17-11-8-13/h5-6,9,13-14,17H,4,7-8,10-12H2,1-3H3. The van der Waals surface area contributed by atoms with E-state index in [2.05, 4.69) is 42.3 Å². The average Bonchev–Trinajstić information content (AvgIpc) is 2.49. The van der Waals surface area contributed by atoms with Crippen molar-refractivity contribution in [1.29, 1.82) is 0 Å². The molecule has 0 bridgehead atoms. The zero-order valence-electron chi connectivity index (χ0n) is 12.9. The average molecular weight is 277 g/mol. The van der Waals surface area contributed by atoms with Crippen LogP contribution in [0.2, 0.25) is 0 Å². The Morgan fingerprint density at radius 2 is 2.15 bits per heavy atom. The van der Waals surface area contributed by atoms with Crippen LogP contribution in [0.15, 0.2) is 18.3 Å². The van der Waals surface area contributed by atoms with Crippen LogP contribution < -0.4 is 10.1 Å². The van der Waals surface area contributed by atoms with Crippen molar-refractivity contribution in [2.45, 2.75) is 38.1 Å².